The fraction of sp³-hybridized carbons (Fsp3) is 0.125. The number of nitrogens with two attached hydrogens (primary N) is 1. The number of halogens is 2. The molecule has 1 saturated carbocycles. The largest absolute Gasteiger partial charge is 0.248 e. The van der Waals surface area contributed by atoms with E-state index in [1.54, 1.807) is 5.32 Å². The van der Waals surface area contributed by atoms with Gasteiger partial charge >= 0.3 is 0 Å². The van der Waals surface area contributed by atoms with Crippen molar-refractivity contribution in [2.45, 2.75) is 18.8 Å². The summed E-state index contributed by atoms with van der Waals surface area (Å²) in [6.07, 6.45) is 2.36. The Hall–Kier alpha value is -3.71. The molecule has 3 aromatic carbocycles. The van der Waals surface area contributed by atoms with Crippen LogP contribution >= 0.6 is 0 Å². The van der Waals surface area contributed by atoms with Gasteiger partial charge in [-0.1, -0.05) is 36.4 Å². The standard InChI is InChI=1S/C24H17F2N5/c25-14-11-18-21(19(26)12-14)30-31-24(18)29-23-17-7-3-4-8-20(17)27-22(28-23)16-6-2-1-5-15(16)13-9-10-13/h1-8,11-13H,9-10H2,(H2,27,28,29,30,31)/p+1. The maximum Gasteiger partial charge on any atom is 0.242 e. The van der Waals surface area contributed by atoms with Crippen molar-refractivity contribution in [2.75, 3.05) is 0 Å². The van der Waals surface area contributed by atoms with Gasteiger partial charge in [-0.25, -0.2) is 24.2 Å². The van der Waals surface area contributed by atoms with E-state index in [0.29, 0.717) is 28.8 Å². The Morgan fingerprint density at radius 2 is 1.71 bits per heavy atom. The van der Waals surface area contributed by atoms with Gasteiger partial charge in [-0.2, -0.15) is 10.1 Å². The van der Waals surface area contributed by atoms with Crippen LogP contribution in [0.5, 0.6) is 0 Å². The molecule has 1 fully saturated rings. The fourth-order valence-electron chi connectivity index (χ4n) is 4.09. The SMILES string of the molecule is Fc1cc(F)c2n[nH]c([NH2+]c3nc(-c4ccccc4C4CC4)nc4ccccc34)c2c1. The van der Waals surface area contributed by atoms with Crippen molar-refractivity contribution in [3.05, 3.63) is 77.9 Å². The van der Waals surface area contributed by atoms with E-state index < -0.39 is 11.6 Å². The summed E-state index contributed by atoms with van der Waals surface area (Å²) in [6.45, 7) is 0. The van der Waals surface area contributed by atoms with Crippen molar-refractivity contribution in [3.63, 3.8) is 0 Å². The summed E-state index contributed by atoms with van der Waals surface area (Å²) in [6, 6.07) is 18.1. The smallest absolute Gasteiger partial charge is 0.242 e. The summed E-state index contributed by atoms with van der Waals surface area (Å²) in [7, 11) is 0. The summed E-state index contributed by atoms with van der Waals surface area (Å²) in [4.78, 5) is 9.69. The quantitative estimate of drug-likeness (QED) is 0.441. The van der Waals surface area contributed by atoms with E-state index in [-0.39, 0.29) is 5.52 Å². The Bertz CT molecular complexity index is 1460. The molecule has 0 unspecified atom stereocenters. The molecule has 0 bridgehead atoms. The number of fused-ring (bicyclic) bond motifs is 2. The van der Waals surface area contributed by atoms with E-state index >= 15 is 0 Å². The maximum absolute atomic E-state index is 14.1. The minimum absolute atomic E-state index is 0.102. The molecule has 0 spiro atoms. The van der Waals surface area contributed by atoms with Crippen molar-refractivity contribution in [3.8, 4) is 11.4 Å². The number of para-hydroxylation sites is 1. The van der Waals surface area contributed by atoms with Crippen molar-refractivity contribution in [1.82, 2.24) is 20.2 Å². The molecule has 1 aliphatic carbocycles. The third kappa shape index (κ3) is 3.14. The number of aromatic nitrogens is 4. The number of benzene rings is 3. The van der Waals surface area contributed by atoms with Gasteiger partial charge in [0.2, 0.25) is 11.6 Å². The number of aromatic amines is 1. The predicted molar refractivity (Wildman–Crippen MR) is 114 cm³/mol. The second kappa shape index (κ2) is 6.92. The number of nitrogens with zero attached hydrogens (tertiary/aromatic N) is 3. The van der Waals surface area contributed by atoms with E-state index in [0.717, 1.165) is 22.5 Å². The fourth-order valence-corrected chi connectivity index (χ4v) is 4.09. The number of hydrogen-bond donors (Lipinski definition) is 2. The third-order valence-corrected chi connectivity index (χ3v) is 5.74. The molecule has 2 aromatic heterocycles. The highest BCUT2D eigenvalue weighted by Gasteiger charge is 2.27. The van der Waals surface area contributed by atoms with Crippen LogP contribution in [0.15, 0.2) is 60.7 Å². The number of rotatable bonds is 4. The predicted octanol–water partition coefficient (Wildman–Crippen LogP) is 4.86. The van der Waals surface area contributed by atoms with Gasteiger partial charge in [0.1, 0.15) is 11.3 Å². The average molecular weight is 414 g/mol. The van der Waals surface area contributed by atoms with E-state index in [9.17, 15) is 8.78 Å². The van der Waals surface area contributed by atoms with Crippen LogP contribution in [0.25, 0.3) is 33.2 Å². The van der Waals surface area contributed by atoms with Crippen LogP contribution in [0.2, 0.25) is 0 Å². The Kier molecular flexibility index (Phi) is 4.04. The lowest BCUT2D eigenvalue weighted by Crippen LogP contribution is -2.72. The number of quaternary nitrogens is 1. The molecule has 152 valence electrons. The van der Waals surface area contributed by atoms with Crippen LogP contribution < -0.4 is 5.32 Å². The van der Waals surface area contributed by atoms with Gasteiger partial charge < -0.3 is 0 Å². The van der Waals surface area contributed by atoms with Gasteiger partial charge in [0.05, 0.1) is 16.3 Å². The second-order valence-corrected chi connectivity index (χ2v) is 7.88. The average Bonchev–Trinajstić information content (AvgIpc) is 3.55. The zero-order valence-corrected chi connectivity index (χ0v) is 16.4. The highest BCUT2D eigenvalue weighted by molar-refractivity contribution is 5.90. The van der Waals surface area contributed by atoms with Crippen LogP contribution in [-0.2, 0) is 0 Å². The highest BCUT2D eigenvalue weighted by Crippen LogP contribution is 2.44. The monoisotopic (exact) mass is 414 g/mol. The first-order valence-corrected chi connectivity index (χ1v) is 10.2. The molecule has 5 aromatic rings. The van der Waals surface area contributed by atoms with Gasteiger partial charge in [0, 0.05) is 11.6 Å². The van der Waals surface area contributed by atoms with Crippen LogP contribution in [0.4, 0.5) is 20.4 Å². The zero-order valence-electron chi connectivity index (χ0n) is 16.4. The van der Waals surface area contributed by atoms with Crippen molar-refractivity contribution >= 4 is 33.4 Å². The molecular weight excluding hydrogens is 396 g/mol. The Morgan fingerprint density at radius 1 is 0.903 bits per heavy atom. The summed E-state index contributed by atoms with van der Waals surface area (Å²) in [5.41, 5.74) is 3.20. The summed E-state index contributed by atoms with van der Waals surface area (Å²) < 4.78 is 27.9. The molecule has 1 aliphatic rings. The van der Waals surface area contributed by atoms with E-state index in [4.69, 9.17) is 9.97 Å². The minimum Gasteiger partial charge on any atom is -0.248 e. The molecule has 0 radical (unpaired) electrons. The van der Waals surface area contributed by atoms with Crippen molar-refractivity contribution in [1.29, 1.82) is 0 Å². The molecule has 0 aliphatic heterocycles. The lowest BCUT2D eigenvalue weighted by atomic mass is 10.0. The van der Waals surface area contributed by atoms with Crippen molar-refractivity contribution < 1.29 is 14.1 Å². The number of nitrogens with one attached hydrogen (secondary N) is 1. The highest BCUT2D eigenvalue weighted by atomic mass is 19.1. The summed E-state index contributed by atoms with van der Waals surface area (Å²) >= 11 is 0. The first kappa shape index (κ1) is 18.1. The molecule has 0 saturated heterocycles. The topological polar surface area (TPSA) is 71.1 Å². The molecule has 5 nitrogen and oxygen atoms in total. The van der Waals surface area contributed by atoms with E-state index in [1.165, 1.54) is 24.5 Å². The Balaban J connectivity index is 1.52. The molecule has 3 N–H and O–H groups in total. The molecule has 31 heavy (non-hydrogen) atoms. The van der Waals surface area contributed by atoms with Gasteiger partial charge in [0.15, 0.2) is 11.6 Å². The number of hydrogen-bond acceptors (Lipinski definition) is 3. The van der Waals surface area contributed by atoms with Crippen LogP contribution in [0.3, 0.4) is 0 Å². The second-order valence-electron chi connectivity index (χ2n) is 7.88. The molecule has 6 rings (SSSR count). The maximum atomic E-state index is 14.1. The molecule has 0 atom stereocenters. The molecule has 2 heterocycles. The van der Waals surface area contributed by atoms with Crippen LogP contribution in [0, 0.1) is 11.6 Å². The van der Waals surface area contributed by atoms with Crippen molar-refractivity contribution in [2.24, 2.45) is 0 Å². The molecule has 7 heteroatoms. The number of H-pyrrole nitrogens is 1. The van der Waals surface area contributed by atoms with Gasteiger partial charge in [0.25, 0.3) is 0 Å². The lowest BCUT2D eigenvalue weighted by Gasteiger charge is -2.10. The summed E-state index contributed by atoms with van der Waals surface area (Å²) in [5.74, 6) is 1.03. The van der Waals surface area contributed by atoms with Gasteiger partial charge in [-0.15, -0.1) is 0 Å². The normalized spacial score (nSPS) is 13.9. The van der Waals surface area contributed by atoms with E-state index in [1.807, 2.05) is 36.4 Å². The van der Waals surface area contributed by atoms with Crippen LogP contribution in [-0.4, -0.2) is 20.2 Å². The lowest BCUT2D eigenvalue weighted by molar-refractivity contribution is -0.483. The van der Waals surface area contributed by atoms with Gasteiger partial charge in [-0.05, 0) is 42.5 Å². The van der Waals surface area contributed by atoms with E-state index in [2.05, 4.69) is 22.3 Å². The third-order valence-electron chi connectivity index (χ3n) is 5.74. The zero-order chi connectivity index (χ0) is 20.9. The first-order chi connectivity index (χ1) is 15.2. The molecular formula is C24H18F2N5+. The summed E-state index contributed by atoms with van der Waals surface area (Å²) in [5, 5.41) is 9.85. The molecule has 0 amide bonds. The van der Waals surface area contributed by atoms with Crippen LogP contribution in [0.1, 0.15) is 24.3 Å². The van der Waals surface area contributed by atoms with Gasteiger partial charge in [-0.3, -0.25) is 0 Å². The minimum atomic E-state index is -0.697. The first-order valence-electron chi connectivity index (χ1n) is 10.2. The Morgan fingerprint density at radius 3 is 2.58 bits per heavy atom. The Labute approximate surface area is 176 Å².